The van der Waals surface area contributed by atoms with Crippen LogP contribution in [0.1, 0.15) is 37.6 Å². The Morgan fingerprint density at radius 1 is 1.31 bits per heavy atom. The number of aryl methyl sites for hydroxylation is 1. The van der Waals surface area contributed by atoms with Crippen molar-refractivity contribution < 1.29 is 0 Å². The largest absolute Gasteiger partial charge is 0.357 e. The normalized spacial score (nSPS) is 20.6. The summed E-state index contributed by atoms with van der Waals surface area (Å²) in [6.45, 7) is 7.91. The van der Waals surface area contributed by atoms with Gasteiger partial charge in [0, 0.05) is 26.7 Å². The Bertz CT molecular complexity index is 699. The molecular formula is C19H29IN6. The number of guanidine groups is 1. The molecule has 1 aliphatic rings. The summed E-state index contributed by atoms with van der Waals surface area (Å²) in [6.07, 6.45) is 2.73. The van der Waals surface area contributed by atoms with Crippen molar-refractivity contribution in [1.29, 1.82) is 0 Å². The average Bonchev–Trinajstić information content (AvgIpc) is 3.04. The number of nitrogens with zero attached hydrogens (tertiary/aromatic N) is 5. The highest BCUT2D eigenvalue weighted by Crippen LogP contribution is 2.32. The fourth-order valence-electron chi connectivity index (χ4n) is 3.57. The predicted molar refractivity (Wildman–Crippen MR) is 116 cm³/mol. The molecule has 0 bridgehead atoms. The van der Waals surface area contributed by atoms with E-state index in [0.717, 1.165) is 37.8 Å². The summed E-state index contributed by atoms with van der Waals surface area (Å²) in [5.41, 5.74) is 1.45. The lowest BCUT2D eigenvalue weighted by Gasteiger charge is -2.39. The van der Waals surface area contributed by atoms with Crippen molar-refractivity contribution in [3.05, 3.63) is 48.0 Å². The molecule has 1 aliphatic heterocycles. The van der Waals surface area contributed by atoms with E-state index in [1.807, 2.05) is 7.05 Å². The maximum absolute atomic E-state index is 4.78. The lowest BCUT2D eigenvalue weighted by molar-refractivity contribution is 0.234. The van der Waals surface area contributed by atoms with Gasteiger partial charge in [0.15, 0.2) is 5.96 Å². The lowest BCUT2D eigenvalue weighted by atomic mass is 9.82. The standard InChI is InChI=1S/C19H28N6.HI/c1-4-20-19(21-12-18-22-14-23-24(18)3)25-11-10-17(15(2)13-25)16-8-6-5-7-9-16;/h5-9,14-15,17H,4,10-13H2,1-3H3,(H,20,21);1H. The molecule has 6 nitrogen and oxygen atoms in total. The second kappa shape index (κ2) is 9.89. The Labute approximate surface area is 173 Å². The van der Waals surface area contributed by atoms with Crippen LogP contribution in [-0.2, 0) is 13.6 Å². The first-order valence-corrected chi connectivity index (χ1v) is 9.10. The molecule has 2 heterocycles. The predicted octanol–water partition coefficient (Wildman–Crippen LogP) is 3.02. The summed E-state index contributed by atoms with van der Waals surface area (Å²) >= 11 is 0. The third-order valence-corrected chi connectivity index (χ3v) is 4.94. The number of hydrogen-bond donors (Lipinski definition) is 1. The smallest absolute Gasteiger partial charge is 0.194 e. The zero-order chi connectivity index (χ0) is 17.6. The summed E-state index contributed by atoms with van der Waals surface area (Å²) in [5, 5.41) is 7.54. The SMILES string of the molecule is CCNC(=NCc1ncnn1C)N1CCC(c2ccccc2)C(C)C1.I. The molecule has 0 radical (unpaired) electrons. The molecule has 0 spiro atoms. The second-order valence-electron chi connectivity index (χ2n) is 6.70. The van der Waals surface area contributed by atoms with Crippen molar-refractivity contribution in [3.63, 3.8) is 0 Å². The van der Waals surface area contributed by atoms with Gasteiger partial charge >= 0.3 is 0 Å². The van der Waals surface area contributed by atoms with Crippen LogP contribution in [0.2, 0.25) is 0 Å². The van der Waals surface area contributed by atoms with Crippen LogP contribution in [0.3, 0.4) is 0 Å². The van der Waals surface area contributed by atoms with Gasteiger partial charge in [-0.1, -0.05) is 37.3 Å². The monoisotopic (exact) mass is 468 g/mol. The molecular weight excluding hydrogens is 439 g/mol. The summed E-state index contributed by atoms with van der Waals surface area (Å²) in [5.74, 6) is 3.07. The summed E-state index contributed by atoms with van der Waals surface area (Å²) < 4.78 is 1.78. The molecule has 0 aliphatic carbocycles. The Morgan fingerprint density at radius 3 is 2.69 bits per heavy atom. The molecule has 2 aromatic rings. The van der Waals surface area contributed by atoms with Crippen LogP contribution in [0.5, 0.6) is 0 Å². The van der Waals surface area contributed by atoms with Gasteiger partial charge in [-0.25, -0.2) is 9.98 Å². The van der Waals surface area contributed by atoms with Gasteiger partial charge in [0.25, 0.3) is 0 Å². The number of hydrogen-bond acceptors (Lipinski definition) is 3. The number of likely N-dealkylation sites (tertiary alicyclic amines) is 1. The second-order valence-corrected chi connectivity index (χ2v) is 6.70. The van der Waals surface area contributed by atoms with Crippen molar-refractivity contribution >= 4 is 29.9 Å². The van der Waals surface area contributed by atoms with Crippen LogP contribution in [-0.4, -0.2) is 45.3 Å². The average molecular weight is 468 g/mol. The Hall–Kier alpha value is -1.64. The minimum atomic E-state index is 0. The highest BCUT2D eigenvalue weighted by Gasteiger charge is 2.28. The highest BCUT2D eigenvalue weighted by atomic mass is 127. The number of nitrogens with one attached hydrogen (secondary N) is 1. The van der Waals surface area contributed by atoms with Crippen LogP contribution in [0.15, 0.2) is 41.7 Å². The Morgan fingerprint density at radius 2 is 2.08 bits per heavy atom. The van der Waals surface area contributed by atoms with Gasteiger partial charge in [-0.2, -0.15) is 5.10 Å². The van der Waals surface area contributed by atoms with Gasteiger partial charge in [-0.3, -0.25) is 4.68 Å². The van der Waals surface area contributed by atoms with Crippen molar-refractivity contribution in [2.24, 2.45) is 18.0 Å². The zero-order valence-electron chi connectivity index (χ0n) is 15.8. The van der Waals surface area contributed by atoms with E-state index >= 15 is 0 Å². The van der Waals surface area contributed by atoms with E-state index in [1.165, 1.54) is 5.56 Å². The third-order valence-electron chi connectivity index (χ3n) is 4.94. The molecule has 3 rings (SSSR count). The number of halogens is 1. The van der Waals surface area contributed by atoms with Crippen LogP contribution >= 0.6 is 24.0 Å². The molecule has 26 heavy (non-hydrogen) atoms. The maximum Gasteiger partial charge on any atom is 0.194 e. The van der Waals surface area contributed by atoms with Crippen LogP contribution in [0, 0.1) is 5.92 Å². The number of aromatic nitrogens is 3. The minimum Gasteiger partial charge on any atom is -0.357 e. The molecule has 1 aromatic heterocycles. The molecule has 2 atom stereocenters. The van der Waals surface area contributed by atoms with Gasteiger partial charge in [0.1, 0.15) is 18.7 Å². The number of rotatable bonds is 4. The highest BCUT2D eigenvalue weighted by molar-refractivity contribution is 14.0. The zero-order valence-corrected chi connectivity index (χ0v) is 18.1. The summed E-state index contributed by atoms with van der Waals surface area (Å²) in [7, 11) is 1.90. The molecule has 2 unspecified atom stereocenters. The first-order valence-electron chi connectivity index (χ1n) is 9.10. The molecule has 0 saturated carbocycles. The molecule has 0 amide bonds. The molecule has 1 N–H and O–H groups in total. The maximum atomic E-state index is 4.78. The van der Waals surface area contributed by atoms with Crippen molar-refractivity contribution in [3.8, 4) is 0 Å². The molecule has 1 saturated heterocycles. The van der Waals surface area contributed by atoms with E-state index in [2.05, 4.69) is 64.5 Å². The van der Waals surface area contributed by atoms with E-state index in [4.69, 9.17) is 4.99 Å². The Balaban J connectivity index is 0.00000243. The topological polar surface area (TPSA) is 58.3 Å². The van der Waals surface area contributed by atoms with E-state index in [-0.39, 0.29) is 24.0 Å². The molecule has 1 fully saturated rings. The van der Waals surface area contributed by atoms with E-state index in [0.29, 0.717) is 18.4 Å². The van der Waals surface area contributed by atoms with E-state index < -0.39 is 0 Å². The van der Waals surface area contributed by atoms with Gasteiger partial charge < -0.3 is 10.2 Å². The number of aliphatic imine (C=N–C) groups is 1. The first kappa shape index (κ1) is 20.7. The Kier molecular flexibility index (Phi) is 7.86. The molecule has 1 aromatic carbocycles. The van der Waals surface area contributed by atoms with Crippen molar-refractivity contribution in [2.45, 2.75) is 32.7 Å². The van der Waals surface area contributed by atoms with E-state index in [9.17, 15) is 0 Å². The van der Waals surface area contributed by atoms with Crippen molar-refractivity contribution in [1.82, 2.24) is 25.0 Å². The summed E-state index contributed by atoms with van der Waals surface area (Å²) in [4.78, 5) is 11.4. The molecule has 142 valence electrons. The van der Waals surface area contributed by atoms with Crippen LogP contribution in [0.25, 0.3) is 0 Å². The summed E-state index contributed by atoms with van der Waals surface area (Å²) in [6, 6.07) is 10.9. The van der Waals surface area contributed by atoms with Gasteiger partial charge in [0.2, 0.25) is 0 Å². The fraction of sp³-hybridized carbons (Fsp3) is 0.526. The quantitative estimate of drug-likeness (QED) is 0.426. The van der Waals surface area contributed by atoms with Crippen LogP contribution in [0.4, 0.5) is 0 Å². The van der Waals surface area contributed by atoms with Gasteiger partial charge in [-0.05, 0) is 30.7 Å². The number of piperidine rings is 1. The minimum absolute atomic E-state index is 0. The lowest BCUT2D eigenvalue weighted by Crippen LogP contribution is -2.48. The molecule has 7 heteroatoms. The van der Waals surface area contributed by atoms with Crippen LogP contribution < -0.4 is 5.32 Å². The van der Waals surface area contributed by atoms with Gasteiger partial charge in [-0.15, -0.1) is 24.0 Å². The van der Waals surface area contributed by atoms with Gasteiger partial charge in [0.05, 0.1) is 0 Å². The fourth-order valence-corrected chi connectivity index (χ4v) is 3.57. The first-order chi connectivity index (χ1) is 12.2. The number of benzene rings is 1. The van der Waals surface area contributed by atoms with E-state index in [1.54, 1.807) is 11.0 Å². The third kappa shape index (κ3) is 4.96. The van der Waals surface area contributed by atoms with Crippen molar-refractivity contribution in [2.75, 3.05) is 19.6 Å².